The molecule has 0 fully saturated rings. The molecular weight excluding hydrogens is 326 g/mol. The van der Waals surface area contributed by atoms with Crippen LogP contribution in [0.2, 0.25) is 0 Å². The number of carboxylic acid groups (broad SMARTS) is 1. The number of hydrogen-bond acceptors (Lipinski definition) is 5. The molecule has 7 heteroatoms. The lowest BCUT2D eigenvalue weighted by Crippen LogP contribution is -2.15. The molecule has 0 heterocycles. The van der Waals surface area contributed by atoms with Gasteiger partial charge in [0.05, 0.1) is 25.1 Å². The van der Waals surface area contributed by atoms with Crippen molar-refractivity contribution in [2.75, 3.05) is 14.2 Å². The molecular formula is C18H19NO6. The van der Waals surface area contributed by atoms with E-state index in [4.69, 9.17) is 9.47 Å². The van der Waals surface area contributed by atoms with Gasteiger partial charge < -0.3 is 14.6 Å². The van der Waals surface area contributed by atoms with E-state index >= 15 is 0 Å². The maximum absolute atomic E-state index is 11.8. The third-order valence-electron chi connectivity index (χ3n) is 4.02. The van der Waals surface area contributed by atoms with Gasteiger partial charge in [0.25, 0.3) is 5.69 Å². The normalized spacial score (nSPS) is 11.6. The Bertz CT molecular complexity index is 802. The Morgan fingerprint density at radius 1 is 1.20 bits per heavy atom. The van der Waals surface area contributed by atoms with E-state index in [9.17, 15) is 20.0 Å². The van der Waals surface area contributed by atoms with E-state index in [1.54, 1.807) is 37.3 Å². The van der Waals surface area contributed by atoms with E-state index in [1.165, 1.54) is 20.3 Å². The summed E-state index contributed by atoms with van der Waals surface area (Å²) >= 11 is 0. The van der Waals surface area contributed by atoms with Crippen LogP contribution in [-0.4, -0.2) is 30.2 Å². The number of nitro groups is 1. The van der Waals surface area contributed by atoms with E-state index in [2.05, 4.69) is 0 Å². The highest BCUT2D eigenvalue weighted by atomic mass is 16.6. The van der Waals surface area contributed by atoms with Crippen molar-refractivity contribution in [3.8, 4) is 11.5 Å². The summed E-state index contributed by atoms with van der Waals surface area (Å²) in [5, 5.41) is 20.7. The molecule has 0 spiro atoms. The third-order valence-corrected chi connectivity index (χ3v) is 4.02. The van der Waals surface area contributed by atoms with Gasteiger partial charge in [-0.2, -0.15) is 0 Å². The first-order valence-corrected chi connectivity index (χ1v) is 7.56. The topological polar surface area (TPSA) is 98.9 Å². The van der Waals surface area contributed by atoms with Crippen LogP contribution in [0, 0.1) is 17.0 Å². The lowest BCUT2D eigenvalue weighted by molar-refractivity contribution is -0.385. The van der Waals surface area contributed by atoms with Crippen LogP contribution in [0.1, 0.15) is 22.6 Å². The summed E-state index contributed by atoms with van der Waals surface area (Å²) in [5.74, 6) is -0.987. The number of aryl methyl sites for hydroxylation is 1. The van der Waals surface area contributed by atoms with Crippen LogP contribution in [0.3, 0.4) is 0 Å². The fourth-order valence-electron chi connectivity index (χ4n) is 2.65. The summed E-state index contributed by atoms with van der Waals surface area (Å²) in [6.45, 7) is 1.64. The minimum absolute atomic E-state index is 0.0247. The zero-order valence-corrected chi connectivity index (χ0v) is 14.2. The fraction of sp³-hybridized carbons (Fsp3) is 0.278. The number of hydrogen-bond donors (Lipinski definition) is 1. The van der Waals surface area contributed by atoms with Crippen molar-refractivity contribution in [1.82, 2.24) is 0 Å². The van der Waals surface area contributed by atoms with Crippen molar-refractivity contribution >= 4 is 11.7 Å². The van der Waals surface area contributed by atoms with Crippen LogP contribution in [0.5, 0.6) is 11.5 Å². The maximum atomic E-state index is 11.8. The van der Waals surface area contributed by atoms with Crippen LogP contribution in [0.25, 0.3) is 0 Å². The highest BCUT2D eigenvalue weighted by Gasteiger charge is 2.25. The van der Waals surface area contributed by atoms with Crippen molar-refractivity contribution in [2.24, 2.45) is 0 Å². The highest BCUT2D eigenvalue weighted by molar-refractivity contribution is 5.78. The number of nitro benzene ring substituents is 1. The summed E-state index contributed by atoms with van der Waals surface area (Å²) in [6, 6.07) is 9.65. The Morgan fingerprint density at radius 3 is 2.48 bits per heavy atom. The van der Waals surface area contributed by atoms with Crippen LogP contribution >= 0.6 is 0 Å². The maximum Gasteiger partial charge on any atom is 0.311 e. The highest BCUT2D eigenvalue weighted by Crippen LogP contribution is 2.33. The molecule has 0 saturated heterocycles. The zero-order valence-electron chi connectivity index (χ0n) is 14.2. The van der Waals surface area contributed by atoms with Gasteiger partial charge in [-0.05, 0) is 25.0 Å². The minimum atomic E-state index is -1.04. The van der Waals surface area contributed by atoms with E-state index in [1.807, 2.05) is 0 Å². The Balaban J connectivity index is 2.42. The van der Waals surface area contributed by atoms with Crippen molar-refractivity contribution in [2.45, 2.75) is 19.3 Å². The van der Waals surface area contributed by atoms with Crippen LogP contribution in [-0.2, 0) is 11.2 Å². The van der Waals surface area contributed by atoms with Gasteiger partial charge in [0, 0.05) is 23.3 Å². The molecule has 0 saturated carbocycles. The van der Waals surface area contributed by atoms with Crippen molar-refractivity contribution in [1.29, 1.82) is 0 Å². The molecule has 1 N–H and O–H groups in total. The second kappa shape index (κ2) is 7.65. The van der Waals surface area contributed by atoms with Gasteiger partial charge in [-0.25, -0.2) is 0 Å². The van der Waals surface area contributed by atoms with Gasteiger partial charge in [0.15, 0.2) is 0 Å². The van der Waals surface area contributed by atoms with Crippen molar-refractivity contribution in [3.63, 3.8) is 0 Å². The molecule has 25 heavy (non-hydrogen) atoms. The summed E-state index contributed by atoms with van der Waals surface area (Å²) in [6.07, 6.45) is 0.110. The lowest BCUT2D eigenvalue weighted by atomic mass is 9.90. The van der Waals surface area contributed by atoms with E-state index in [-0.39, 0.29) is 12.1 Å². The second-order valence-electron chi connectivity index (χ2n) is 5.58. The first-order chi connectivity index (χ1) is 11.9. The molecule has 0 aromatic heterocycles. The third kappa shape index (κ3) is 4.06. The monoisotopic (exact) mass is 345 g/mol. The van der Waals surface area contributed by atoms with Crippen LogP contribution in [0.15, 0.2) is 36.4 Å². The fourth-order valence-corrected chi connectivity index (χ4v) is 2.65. The molecule has 7 nitrogen and oxygen atoms in total. The summed E-state index contributed by atoms with van der Waals surface area (Å²) in [5.41, 5.74) is 1.56. The summed E-state index contributed by atoms with van der Waals surface area (Å²) in [4.78, 5) is 22.4. The second-order valence-corrected chi connectivity index (χ2v) is 5.58. The van der Waals surface area contributed by atoms with Gasteiger partial charge in [0.1, 0.15) is 11.5 Å². The van der Waals surface area contributed by atoms with Crippen LogP contribution in [0.4, 0.5) is 5.69 Å². The Hall–Kier alpha value is -3.09. The van der Waals surface area contributed by atoms with Crippen molar-refractivity contribution in [3.05, 3.63) is 63.2 Å². The molecule has 2 aromatic carbocycles. The Labute approximate surface area is 145 Å². The molecule has 2 aromatic rings. The lowest BCUT2D eigenvalue weighted by Gasteiger charge is -2.17. The number of rotatable bonds is 7. The summed E-state index contributed by atoms with van der Waals surface area (Å²) in [7, 11) is 2.96. The molecule has 0 aliphatic heterocycles. The number of ether oxygens (including phenoxy) is 2. The van der Waals surface area contributed by atoms with Gasteiger partial charge in [-0.15, -0.1) is 0 Å². The largest absolute Gasteiger partial charge is 0.497 e. The molecule has 2 rings (SSSR count). The van der Waals surface area contributed by atoms with E-state index < -0.39 is 16.8 Å². The number of carbonyl (C=O) groups is 1. The van der Waals surface area contributed by atoms with E-state index in [0.29, 0.717) is 28.2 Å². The zero-order chi connectivity index (χ0) is 18.6. The molecule has 1 unspecified atom stereocenters. The van der Waals surface area contributed by atoms with Gasteiger partial charge in [-0.3, -0.25) is 14.9 Å². The molecule has 0 amide bonds. The first-order valence-electron chi connectivity index (χ1n) is 7.56. The molecule has 0 aliphatic carbocycles. The van der Waals surface area contributed by atoms with Gasteiger partial charge in [-0.1, -0.05) is 18.2 Å². The first kappa shape index (κ1) is 18.3. The Kier molecular flexibility index (Phi) is 5.59. The average Bonchev–Trinajstić information content (AvgIpc) is 2.60. The standard InChI is InChI=1S/C18H19NO6/c1-11-4-5-12(9-16(11)19(22)23)8-15(18(20)21)14-7-6-13(24-2)10-17(14)25-3/h4-7,9-10,15H,8H2,1-3H3,(H,20,21). The molecule has 0 aliphatic rings. The predicted octanol–water partition coefficient (Wildman–Crippen LogP) is 3.33. The number of aliphatic carboxylic acids is 1. The summed E-state index contributed by atoms with van der Waals surface area (Å²) < 4.78 is 10.4. The molecule has 1 atom stereocenters. The van der Waals surface area contributed by atoms with E-state index in [0.717, 1.165) is 0 Å². The Morgan fingerprint density at radius 2 is 1.92 bits per heavy atom. The van der Waals surface area contributed by atoms with Gasteiger partial charge in [0.2, 0.25) is 0 Å². The number of carboxylic acids is 1. The SMILES string of the molecule is COc1ccc(C(Cc2ccc(C)c([N+](=O)[O-])c2)C(=O)O)c(OC)c1. The number of methoxy groups -OCH3 is 2. The van der Waals surface area contributed by atoms with Crippen LogP contribution < -0.4 is 9.47 Å². The predicted molar refractivity (Wildman–Crippen MR) is 91.5 cm³/mol. The minimum Gasteiger partial charge on any atom is -0.497 e. The van der Waals surface area contributed by atoms with Crippen molar-refractivity contribution < 1.29 is 24.3 Å². The number of benzene rings is 2. The van der Waals surface area contributed by atoms with Gasteiger partial charge >= 0.3 is 5.97 Å². The smallest absolute Gasteiger partial charge is 0.311 e. The molecule has 132 valence electrons. The number of nitrogens with zero attached hydrogens (tertiary/aromatic N) is 1. The molecule has 0 bridgehead atoms. The quantitative estimate of drug-likeness (QED) is 0.610. The average molecular weight is 345 g/mol. The molecule has 0 radical (unpaired) electrons.